The Morgan fingerprint density at radius 2 is 1.91 bits per heavy atom. The maximum Gasteiger partial charge on any atom is 0.246 e. The van der Waals surface area contributed by atoms with Crippen molar-refractivity contribution >= 4 is 29.5 Å². The molecular formula is C29H34N10O4S. The molecule has 0 unspecified atom stereocenters. The number of benzene rings is 1. The summed E-state index contributed by atoms with van der Waals surface area (Å²) in [6.07, 6.45) is 4.50. The summed E-state index contributed by atoms with van der Waals surface area (Å²) in [5.41, 5.74) is 1.53. The van der Waals surface area contributed by atoms with Gasteiger partial charge in [-0.3, -0.25) is 24.0 Å². The minimum atomic E-state index is -0.806. The van der Waals surface area contributed by atoms with Crippen LogP contribution in [0.5, 0.6) is 0 Å². The zero-order valence-electron chi connectivity index (χ0n) is 24.3. The number of nitrogens with zero attached hydrogens (tertiary/aromatic N) is 8. The van der Waals surface area contributed by atoms with Gasteiger partial charge in [0.15, 0.2) is 10.2 Å². The highest BCUT2D eigenvalue weighted by Gasteiger charge is 2.38. The van der Waals surface area contributed by atoms with Crippen LogP contribution in [0.3, 0.4) is 0 Å². The zero-order chi connectivity index (χ0) is 30.5. The summed E-state index contributed by atoms with van der Waals surface area (Å²) < 4.78 is 9.53. The number of amides is 3. The number of fused-ring (bicyclic) bond motifs is 3. The summed E-state index contributed by atoms with van der Waals surface area (Å²) in [5, 5.41) is 23.6. The molecule has 1 saturated heterocycles. The van der Waals surface area contributed by atoms with E-state index in [1.807, 2.05) is 54.1 Å². The Morgan fingerprint density at radius 1 is 1.05 bits per heavy atom. The van der Waals surface area contributed by atoms with Crippen molar-refractivity contribution in [2.24, 2.45) is 7.05 Å². The van der Waals surface area contributed by atoms with E-state index >= 15 is 0 Å². The number of rotatable bonds is 6. The van der Waals surface area contributed by atoms with Crippen LogP contribution < -0.4 is 10.6 Å². The number of aromatic nitrogens is 6. The van der Waals surface area contributed by atoms with E-state index in [4.69, 9.17) is 4.42 Å². The Balaban J connectivity index is 1.21. The summed E-state index contributed by atoms with van der Waals surface area (Å²) in [7, 11) is 1.86. The van der Waals surface area contributed by atoms with Gasteiger partial charge in [0.05, 0.1) is 19.3 Å². The van der Waals surface area contributed by atoms with Crippen LogP contribution in [0.4, 0.5) is 0 Å². The van der Waals surface area contributed by atoms with Crippen LogP contribution in [0.1, 0.15) is 29.9 Å². The average Bonchev–Trinajstić information content (AvgIpc) is 3.77. The Hall–Kier alpha value is -4.50. The van der Waals surface area contributed by atoms with Crippen LogP contribution in [0.2, 0.25) is 0 Å². The van der Waals surface area contributed by atoms with Crippen molar-refractivity contribution in [3.63, 3.8) is 0 Å². The molecule has 2 N–H and O–H groups in total. The predicted molar refractivity (Wildman–Crippen MR) is 158 cm³/mol. The second-order valence-electron chi connectivity index (χ2n) is 10.9. The summed E-state index contributed by atoms with van der Waals surface area (Å²) in [6.45, 7) is 2.29. The van der Waals surface area contributed by atoms with E-state index in [9.17, 15) is 14.4 Å². The van der Waals surface area contributed by atoms with Crippen LogP contribution in [0, 0.1) is 0 Å². The zero-order valence-corrected chi connectivity index (χ0v) is 25.2. The quantitative estimate of drug-likeness (QED) is 0.320. The fourth-order valence-corrected chi connectivity index (χ4v) is 6.13. The Bertz CT molecular complexity index is 1600. The lowest BCUT2D eigenvalue weighted by Crippen LogP contribution is -2.63. The first-order chi connectivity index (χ1) is 21.4. The van der Waals surface area contributed by atoms with E-state index in [1.54, 1.807) is 22.1 Å². The first kappa shape index (κ1) is 29.6. The number of aryl methyl sites for hydroxylation is 2. The van der Waals surface area contributed by atoms with Crippen molar-refractivity contribution in [2.75, 3.05) is 19.6 Å². The number of carbonyl (C=O) groups excluding carboxylic acids is 3. The van der Waals surface area contributed by atoms with E-state index in [1.165, 1.54) is 11.8 Å². The lowest BCUT2D eigenvalue weighted by molar-refractivity contribution is -0.146. The molecule has 2 aliphatic heterocycles. The minimum Gasteiger partial charge on any atom is -0.453 e. The molecule has 6 rings (SSSR count). The Kier molecular flexibility index (Phi) is 9.02. The van der Waals surface area contributed by atoms with E-state index < -0.39 is 12.1 Å². The summed E-state index contributed by atoms with van der Waals surface area (Å²) >= 11 is 1.37. The number of furan rings is 1. The molecule has 15 heteroatoms. The summed E-state index contributed by atoms with van der Waals surface area (Å²) in [4.78, 5) is 44.5. The van der Waals surface area contributed by atoms with Gasteiger partial charge in [0.2, 0.25) is 17.7 Å². The van der Waals surface area contributed by atoms with Crippen molar-refractivity contribution in [1.82, 2.24) is 50.2 Å². The van der Waals surface area contributed by atoms with Crippen LogP contribution in [-0.4, -0.2) is 89.0 Å². The third kappa shape index (κ3) is 7.17. The Morgan fingerprint density at radius 3 is 2.73 bits per heavy atom. The molecule has 44 heavy (non-hydrogen) atoms. The predicted octanol–water partition coefficient (Wildman–Crippen LogP) is 1.00. The molecule has 0 saturated carbocycles. The van der Waals surface area contributed by atoms with Gasteiger partial charge in [0, 0.05) is 46.1 Å². The lowest BCUT2D eigenvalue weighted by atomic mass is 10.0. The van der Waals surface area contributed by atoms with E-state index in [2.05, 4.69) is 36.0 Å². The molecule has 230 valence electrons. The van der Waals surface area contributed by atoms with Crippen LogP contribution in [0.25, 0.3) is 0 Å². The van der Waals surface area contributed by atoms with E-state index in [0.29, 0.717) is 61.5 Å². The standard InChI is InChI=1S/C29H34N10O4S/c1-36-19-31-34-29(36)44-26-10-9-22(43-26)17-37-12-13-39-24(18-37)27(41)30-15-21-16-38(35-33-21)11-5-8-25(40)32-23(28(39)42)14-20-6-3-2-4-7-20/h2-4,6-7,9-10,16,19,23-24H,5,8,11-15,17-18H2,1H3,(H,30,41)(H,32,40)/t23-,24+/m0/s1. The average molecular weight is 619 g/mol. The molecule has 0 aliphatic carbocycles. The number of nitrogens with one attached hydrogen (secondary N) is 2. The molecule has 14 nitrogen and oxygen atoms in total. The smallest absolute Gasteiger partial charge is 0.246 e. The second kappa shape index (κ2) is 13.4. The van der Waals surface area contributed by atoms with Gasteiger partial charge in [0.25, 0.3) is 0 Å². The molecule has 1 aromatic carbocycles. The van der Waals surface area contributed by atoms with Crippen molar-refractivity contribution < 1.29 is 18.8 Å². The number of hydrogen-bond acceptors (Lipinski definition) is 10. The van der Waals surface area contributed by atoms with Gasteiger partial charge in [-0.2, -0.15) is 0 Å². The van der Waals surface area contributed by atoms with Gasteiger partial charge in [-0.15, -0.1) is 15.3 Å². The summed E-state index contributed by atoms with van der Waals surface area (Å²) in [6, 6.07) is 11.8. The van der Waals surface area contributed by atoms with Crippen molar-refractivity contribution in [3.8, 4) is 0 Å². The molecule has 0 spiro atoms. The molecule has 3 amide bonds. The molecule has 3 aromatic heterocycles. The SMILES string of the molecule is Cn1cnnc1Sc1ccc(CN2CCN3C(=O)[C@H](Cc4ccccc4)NC(=O)CCCn4cc(nn4)CNC(=O)[C@H]3C2)o1. The van der Waals surface area contributed by atoms with E-state index in [0.717, 1.165) is 11.3 Å². The van der Waals surface area contributed by atoms with Gasteiger partial charge in [-0.05, 0) is 35.9 Å². The molecular weight excluding hydrogens is 584 g/mol. The second-order valence-corrected chi connectivity index (χ2v) is 11.9. The highest BCUT2D eigenvalue weighted by molar-refractivity contribution is 7.99. The van der Waals surface area contributed by atoms with Crippen molar-refractivity contribution in [3.05, 3.63) is 72.0 Å². The third-order valence-electron chi connectivity index (χ3n) is 7.67. The fourth-order valence-electron chi connectivity index (χ4n) is 5.39. The van der Waals surface area contributed by atoms with Crippen LogP contribution in [0.15, 0.2) is 69.7 Å². The van der Waals surface area contributed by atoms with Gasteiger partial charge in [-0.25, -0.2) is 0 Å². The van der Waals surface area contributed by atoms with Crippen molar-refractivity contribution in [2.45, 2.75) is 61.2 Å². The third-order valence-corrected chi connectivity index (χ3v) is 8.64. The molecule has 2 aliphatic rings. The highest BCUT2D eigenvalue weighted by Crippen LogP contribution is 2.28. The van der Waals surface area contributed by atoms with Crippen molar-refractivity contribution in [1.29, 1.82) is 0 Å². The monoisotopic (exact) mass is 618 g/mol. The van der Waals surface area contributed by atoms with E-state index in [-0.39, 0.29) is 30.7 Å². The molecule has 4 aromatic rings. The van der Waals surface area contributed by atoms with Gasteiger partial charge >= 0.3 is 0 Å². The fraction of sp³-hybridized carbons (Fsp3) is 0.414. The van der Waals surface area contributed by atoms with Crippen LogP contribution >= 0.6 is 11.8 Å². The van der Waals surface area contributed by atoms with Gasteiger partial charge in [-0.1, -0.05) is 35.5 Å². The molecule has 5 heterocycles. The maximum absolute atomic E-state index is 14.1. The lowest BCUT2D eigenvalue weighted by Gasteiger charge is -2.41. The maximum atomic E-state index is 14.1. The molecule has 0 radical (unpaired) electrons. The first-order valence-corrected chi connectivity index (χ1v) is 15.4. The molecule has 2 bridgehead atoms. The van der Waals surface area contributed by atoms with Crippen LogP contribution in [-0.2, 0) is 47.5 Å². The first-order valence-electron chi connectivity index (χ1n) is 14.5. The minimum absolute atomic E-state index is 0.183. The molecule has 2 atom stereocenters. The Labute approximate surface area is 258 Å². The number of carbonyl (C=O) groups is 3. The summed E-state index contributed by atoms with van der Waals surface area (Å²) in [5.74, 6) is -0.0589. The van der Waals surface area contributed by atoms with Gasteiger partial charge in [0.1, 0.15) is 29.9 Å². The topological polar surface area (TPSA) is 156 Å². The largest absolute Gasteiger partial charge is 0.453 e. The number of piperazine rings is 1. The highest BCUT2D eigenvalue weighted by atomic mass is 32.2. The molecule has 1 fully saturated rings. The normalized spacial score (nSPS) is 20.4. The number of hydrogen-bond donors (Lipinski definition) is 2. The van der Waals surface area contributed by atoms with Gasteiger partial charge < -0.3 is 24.5 Å².